The number of carbonyl (C=O) groups is 1. The summed E-state index contributed by atoms with van der Waals surface area (Å²) in [5.74, 6) is 0. The molecule has 0 unspecified atom stereocenters. The maximum Gasteiger partial charge on any atom is 0.325 e. The van der Waals surface area contributed by atoms with Crippen LogP contribution in [0.4, 0.5) is 4.79 Å². The molecular weight excluding hydrogens is 508 g/mol. The molecule has 1 aliphatic rings. The van der Waals surface area contributed by atoms with Crippen LogP contribution >= 0.6 is 0 Å². The molecule has 2 amide bonds. The fourth-order valence-corrected chi connectivity index (χ4v) is 5.74. The van der Waals surface area contributed by atoms with Crippen LogP contribution < -0.4 is 0 Å². The summed E-state index contributed by atoms with van der Waals surface area (Å²) in [5.41, 5.74) is 4.49. The van der Waals surface area contributed by atoms with Crippen LogP contribution in [0.2, 0.25) is 0 Å². The zero-order valence-electron chi connectivity index (χ0n) is 23.7. The topological polar surface area (TPSA) is 41.0 Å². The molecule has 5 aromatic rings. The third kappa shape index (κ3) is 5.56. The maximum atomic E-state index is 14.0. The Kier molecular flexibility index (Phi) is 7.74. The Morgan fingerprint density at radius 3 is 2.39 bits per heavy atom. The molecule has 2 heterocycles. The summed E-state index contributed by atoms with van der Waals surface area (Å²) in [6.45, 7) is 2.99. The van der Waals surface area contributed by atoms with E-state index in [2.05, 4.69) is 107 Å². The number of allylic oxidation sites excluding steroid dienone is 1. The van der Waals surface area contributed by atoms with Crippen LogP contribution in [-0.2, 0) is 17.7 Å². The lowest BCUT2D eigenvalue weighted by Gasteiger charge is -2.28. The molecule has 6 heteroatoms. The molecule has 0 spiro atoms. The average Bonchev–Trinajstić information content (AvgIpc) is 3.66. The van der Waals surface area contributed by atoms with E-state index < -0.39 is 0 Å². The van der Waals surface area contributed by atoms with E-state index >= 15 is 0 Å². The van der Waals surface area contributed by atoms with E-state index in [1.807, 2.05) is 24.1 Å². The predicted molar refractivity (Wildman–Crippen MR) is 166 cm³/mol. The predicted octanol–water partition coefficient (Wildman–Crippen LogP) is 6.68. The third-order valence-corrected chi connectivity index (χ3v) is 7.95. The van der Waals surface area contributed by atoms with E-state index in [1.54, 1.807) is 12.0 Å². The summed E-state index contributed by atoms with van der Waals surface area (Å²) in [4.78, 5) is 20.1. The van der Waals surface area contributed by atoms with E-state index in [0.717, 1.165) is 40.7 Å². The van der Waals surface area contributed by atoms with Crippen LogP contribution in [0.25, 0.3) is 27.2 Å². The molecule has 0 atom stereocenters. The molecular formula is C35H36N4O2. The number of methoxy groups -OCH3 is 1. The second-order valence-electron chi connectivity index (χ2n) is 10.6. The van der Waals surface area contributed by atoms with Gasteiger partial charge in [-0.05, 0) is 45.7 Å². The highest BCUT2D eigenvalue weighted by atomic mass is 16.5. The van der Waals surface area contributed by atoms with E-state index in [0.29, 0.717) is 26.4 Å². The first-order valence-corrected chi connectivity index (χ1v) is 14.2. The Bertz CT molecular complexity index is 1690. The molecule has 41 heavy (non-hydrogen) atoms. The zero-order chi connectivity index (χ0) is 28.2. The molecule has 4 aromatic carbocycles. The van der Waals surface area contributed by atoms with Crippen LogP contribution in [-0.4, -0.2) is 65.8 Å². The molecule has 0 N–H and O–H groups in total. The number of carbonyl (C=O) groups excluding carboxylic acids is 1. The normalized spacial score (nSPS) is 13.5. The summed E-state index contributed by atoms with van der Waals surface area (Å²) in [6, 6.07) is 34.1. The van der Waals surface area contributed by atoms with Crippen molar-refractivity contribution < 1.29 is 9.53 Å². The molecule has 0 radical (unpaired) electrons. The number of hydrogen-bond acceptors (Lipinski definition) is 3. The van der Waals surface area contributed by atoms with Crippen molar-refractivity contribution in [1.82, 2.24) is 19.3 Å². The van der Waals surface area contributed by atoms with Gasteiger partial charge < -0.3 is 19.1 Å². The average molecular weight is 545 g/mol. The number of ether oxygens (including phenoxy) is 1. The molecule has 1 aliphatic heterocycles. The SMILES string of the molecule is COCCN(C)C(=O)N1CN(CCc2ccc3ccccc3c2)C(Cn2cccc2)=C1c1cccc2ccccc12. The van der Waals surface area contributed by atoms with Gasteiger partial charge in [-0.25, -0.2) is 4.79 Å². The monoisotopic (exact) mass is 544 g/mol. The fraction of sp³-hybridized carbons (Fsp3) is 0.229. The van der Waals surface area contributed by atoms with Gasteiger partial charge in [-0.1, -0.05) is 84.9 Å². The van der Waals surface area contributed by atoms with Crippen LogP contribution in [0.3, 0.4) is 0 Å². The molecule has 0 fully saturated rings. The van der Waals surface area contributed by atoms with Crippen molar-refractivity contribution in [3.05, 3.63) is 126 Å². The minimum Gasteiger partial charge on any atom is -0.383 e. The number of aromatic nitrogens is 1. The largest absolute Gasteiger partial charge is 0.383 e. The van der Waals surface area contributed by atoms with Gasteiger partial charge in [0.1, 0.15) is 0 Å². The highest BCUT2D eigenvalue weighted by molar-refractivity contribution is 5.98. The van der Waals surface area contributed by atoms with Gasteiger partial charge >= 0.3 is 6.03 Å². The van der Waals surface area contributed by atoms with Crippen molar-refractivity contribution >= 4 is 33.3 Å². The first-order valence-electron chi connectivity index (χ1n) is 14.2. The van der Waals surface area contributed by atoms with Crippen molar-refractivity contribution in [3.8, 4) is 0 Å². The summed E-state index contributed by atoms with van der Waals surface area (Å²) >= 11 is 0. The minimum atomic E-state index is -0.0248. The van der Waals surface area contributed by atoms with Crippen LogP contribution in [0.1, 0.15) is 11.1 Å². The van der Waals surface area contributed by atoms with E-state index in [9.17, 15) is 4.79 Å². The van der Waals surface area contributed by atoms with Gasteiger partial charge in [-0.2, -0.15) is 0 Å². The van der Waals surface area contributed by atoms with Crippen molar-refractivity contribution in [2.75, 3.05) is 40.5 Å². The summed E-state index contributed by atoms with van der Waals surface area (Å²) in [5, 5.41) is 4.80. The van der Waals surface area contributed by atoms with Gasteiger partial charge in [-0.3, -0.25) is 4.90 Å². The van der Waals surface area contributed by atoms with Crippen LogP contribution in [0, 0.1) is 0 Å². The number of benzene rings is 4. The number of fused-ring (bicyclic) bond motifs is 2. The number of nitrogens with zero attached hydrogens (tertiary/aromatic N) is 4. The molecule has 1 aromatic heterocycles. The Balaban J connectivity index is 1.42. The quantitative estimate of drug-likeness (QED) is 0.208. The molecule has 6 rings (SSSR count). The molecule has 0 aliphatic carbocycles. The van der Waals surface area contributed by atoms with Crippen LogP contribution in [0.5, 0.6) is 0 Å². The second kappa shape index (κ2) is 11.9. The summed E-state index contributed by atoms with van der Waals surface area (Å²) in [6.07, 6.45) is 5.05. The number of hydrogen-bond donors (Lipinski definition) is 0. The standard InChI is InChI=1S/C35H36N4O2/c1-36(22-23-41-2)35(40)39-26-38(21-18-27-16-17-28-10-3-4-12-30(28)24-27)33(25-37-19-7-8-20-37)34(39)32-15-9-13-29-11-5-6-14-31(29)32/h3-17,19-20,24H,18,21-23,25-26H2,1-2H3. The van der Waals surface area contributed by atoms with E-state index in [-0.39, 0.29) is 6.03 Å². The van der Waals surface area contributed by atoms with Gasteiger partial charge in [0.2, 0.25) is 0 Å². The minimum absolute atomic E-state index is 0.0248. The van der Waals surface area contributed by atoms with Gasteiger partial charge in [0.15, 0.2) is 0 Å². The summed E-state index contributed by atoms with van der Waals surface area (Å²) in [7, 11) is 3.52. The lowest BCUT2D eigenvalue weighted by Crippen LogP contribution is -2.42. The first kappa shape index (κ1) is 26.7. The number of likely N-dealkylation sites (N-methyl/N-ethyl adjacent to an activating group) is 1. The highest BCUT2D eigenvalue weighted by Crippen LogP contribution is 2.37. The number of urea groups is 1. The number of amides is 2. The Labute approximate surface area is 241 Å². The Hall–Kier alpha value is -4.55. The number of rotatable bonds is 9. The van der Waals surface area contributed by atoms with Crippen LogP contribution in [0.15, 0.2) is 115 Å². The van der Waals surface area contributed by atoms with Gasteiger partial charge in [0.05, 0.1) is 31.2 Å². The third-order valence-electron chi connectivity index (χ3n) is 7.95. The Morgan fingerprint density at radius 2 is 1.59 bits per heavy atom. The van der Waals surface area contributed by atoms with Crippen molar-refractivity contribution in [1.29, 1.82) is 0 Å². The van der Waals surface area contributed by atoms with E-state index in [1.165, 1.54) is 16.3 Å². The molecule has 208 valence electrons. The fourth-order valence-electron chi connectivity index (χ4n) is 5.74. The zero-order valence-corrected chi connectivity index (χ0v) is 23.7. The smallest absolute Gasteiger partial charge is 0.325 e. The lowest BCUT2D eigenvalue weighted by molar-refractivity contribution is 0.141. The molecule has 0 saturated carbocycles. The molecule has 6 nitrogen and oxygen atoms in total. The first-order chi connectivity index (χ1) is 20.1. The van der Waals surface area contributed by atoms with E-state index in [4.69, 9.17) is 4.74 Å². The molecule has 0 saturated heterocycles. The molecule has 0 bridgehead atoms. The summed E-state index contributed by atoms with van der Waals surface area (Å²) < 4.78 is 7.47. The Morgan fingerprint density at radius 1 is 0.854 bits per heavy atom. The van der Waals surface area contributed by atoms with Crippen molar-refractivity contribution in [3.63, 3.8) is 0 Å². The van der Waals surface area contributed by atoms with Gasteiger partial charge in [-0.15, -0.1) is 0 Å². The van der Waals surface area contributed by atoms with Gasteiger partial charge in [0.25, 0.3) is 0 Å². The highest BCUT2D eigenvalue weighted by Gasteiger charge is 2.35. The van der Waals surface area contributed by atoms with Gasteiger partial charge in [0, 0.05) is 45.2 Å². The lowest BCUT2D eigenvalue weighted by atomic mass is 10.0. The van der Waals surface area contributed by atoms with Crippen molar-refractivity contribution in [2.24, 2.45) is 0 Å². The van der Waals surface area contributed by atoms with Crippen molar-refractivity contribution in [2.45, 2.75) is 13.0 Å². The maximum absolute atomic E-state index is 14.0. The second-order valence-corrected chi connectivity index (χ2v) is 10.6.